The predicted molar refractivity (Wildman–Crippen MR) is 92.2 cm³/mol. The third-order valence-electron chi connectivity index (χ3n) is 3.23. The second-order valence-corrected chi connectivity index (χ2v) is 5.86. The molecule has 0 atom stereocenters. The van der Waals surface area contributed by atoms with Crippen molar-refractivity contribution in [3.8, 4) is 11.3 Å². The number of aromatic nitrogens is 2. The molecule has 0 aliphatic heterocycles. The maximum absolute atomic E-state index is 12.1. The maximum atomic E-state index is 12.1. The van der Waals surface area contributed by atoms with E-state index in [4.69, 9.17) is 5.21 Å². The zero-order valence-corrected chi connectivity index (χ0v) is 13.5. The van der Waals surface area contributed by atoms with E-state index >= 15 is 0 Å². The highest BCUT2D eigenvalue weighted by atomic mass is 32.1. The molecular formula is C17H15N4O2S+. The molecule has 0 saturated carbocycles. The summed E-state index contributed by atoms with van der Waals surface area (Å²) in [4.78, 5) is 16.6. The number of benzene rings is 1. The average molecular weight is 339 g/mol. The van der Waals surface area contributed by atoms with Crippen LogP contribution in [0.3, 0.4) is 0 Å². The molecule has 2 aromatic heterocycles. The molecule has 24 heavy (non-hydrogen) atoms. The van der Waals surface area contributed by atoms with Gasteiger partial charge in [-0.2, -0.15) is 4.57 Å². The van der Waals surface area contributed by atoms with E-state index in [1.165, 1.54) is 17.6 Å². The average Bonchev–Trinajstić information content (AvgIpc) is 3.04. The van der Waals surface area contributed by atoms with E-state index in [0.29, 0.717) is 10.7 Å². The van der Waals surface area contributed by atoms with E-state index in [1.54, 1.807) is 29.1 Å². The first kappa shape index (κ1) is 15.8. The summed E-state index contributed by atoms with van der Waals surface area (Å²) in [7, 11) is 0. The van der Waals surface area contributed by atoms with Gasteiger partial charge in [0.15, 0.2) is 17.5 Å². The van der Waals surface area contributed by atoms with Crippen LogP contribution in [0.25, 0.3) is 11.3 Å². The SMILES string of the molecule is O=C(C[n+]1cccc(/C=N/O)c1)Nc1nc(-c2ccccc2)cs1. The van der Waals surface area contributed by atoms with Crippen molar-refractivity contribution in [1.82, 2.24) is 4.98 Å². The number of anilines is 1. The second-order valence-electron chi connectivity index (χ2n) is 5.01. The summed E-state index contributed by atoms with van der Waals surface area (Å²) >= 11 is 1.39. The van der Waals surface area contributed by atoms with Gasteiger partial charge < -0.3 is 5.21 Å². The van der Waals surface area contributed by atoms with Gasteiger partial charge in [0.05, 0.1) is 17.5 Å². The Kier molecular flexibility index (Phi) is 4.93. The first-order valence-electron chi connectivity index (χ1n) is 7.22. The summed E-state index contributed by atoms with van der Waals surface area (Å²) < 4.78 is 1.71. The number of nitrogens with one attached hydrogen (secondary N) is 1. The standard InChI is InChI=1S/C17H14N4O2S/c22-16(11-21-8-4-5-13(10-21)9-18-23)20-17-19-15(12-24-17)14-6-2-1-3-7-14/h1-10,12H,11H2,(H-,19,20,22,23)/p+1/b18-9+. The van der Waals surface area contributed by atoms with Gasteiger partial charge in [-0.25, -0.2) is 4.98 Å². The first-order valence-corrected chi connectivity index (χ1v) is 8.10. The molecule has 0 radical (unpaired) electrons. The molecular weight excluding hydrogens is 324 g/mol. The number of carbonyl (C=O) groups is 1. The minimum absolute atomic E-state index is 0.146. The predicted octanol–water partition coefficient (Wildman–Crippen LogP) is 2.54. The summed E-state index contributed by atoms with van der Waals surface area (Å²) in [6, 6.07) is 13.4. The Morgan fingerprint density at radius 2 is 2.12 bits per heavy atom. The zero-order chi connectivity index (χ0) is 16.8. The Hall–Kier alpha value is -3.06. The highest BCUT2D eigenvalue weighted by Gasteiger charge is 2.12. The first-order chi connectivity index (χ1) is 11.7. The van der Waals surface area contributed by atoms with Crippen molar-refractivity contribution >= 4 is 28.6 Å². The third-order valence-corrected chi connectivity index (χ3v) is 3.99. The number of rotatable bonds is 5. The number of oxime groups is 1. The Morgan fingerprint density at radius 3 is 2.92 bits per heavy atom. The van der Waals surface area contributed by atoms with Gasteiger partial charge in [-0.3, -0.25) is 10.1 Å². The van der Waals surface area contributed by atoms with Gasteiger partial charge in [-0.15, -0.1) is 11.3 Å². The monoisotopic (exact) mass is 339 g/mol. The highest BCUT2D eigenvalue weighted by Crippen LogP contribution is 2.24. The summed E-state index contributed by atoms with van der Waals surface area (Å²) in [5.41, 5.74) is 2.55. The molecule has 6 nitrogen and oxygen atoms in total. The van der Waals surface area contributed by atoms with Crippen LogP contribution in [0.15, 0.2) is 65.4 Å². The van der Waals surface area contributed by atoms with Crippen LogP contribution in [0.1, 0.15) is 5.56 Å². The van der Waals surface area contributed by atoms with E-state index in [-0.39, 0.29) is 12.5 Å². The van der Waals surface area contributed by atoms with Gasteiger partial charge in [0, 0.05) is 17.0 Å². The van der Waals surface area contributed by atoms with Gasteiger partial charge in [0.2, 0.25) is 6.54 Å². The number of amides is 1. The van der Waals surface area contributed by atoms with Crippen LogP contribution in [-0.4, -0.2) is 22.3 Å². The summed E-state index contributed by atoms with van der Waals surface area (Å²) in [6.45, 7) is 0.146. The number of thiazole rings is 1. The molecule has 1 amide bonds. The molecule has 0 bridgehead atoms. The Morgan fingerprint density at radius 1 is 1.29 bits per heavy atom. The molecule has 0 spiro atoms. The van der Waals surface area contributed by atoms with Gasteiger partial charge in [-0.1, -0.05) is 35.5 Å². The fourth-order valence-electron chi connectivity index (χ4n) is 2.18. The molecule has 1 aromatic carbocycles. The Bertz CT molecular complexity index is 862. The fraction of sp³-hybridized carbons (Fsp3) is 0.0588. The van der Waals surface area contributed by atoms with Crippen molar-refractivity contribution in [2.45, 2.75) is 6.54 Å². The van der Waals surface area contributed by atoms with Crippen LogP contribution in [-0.2, 0) is 11.3 Å². The van der Waals surface area contributed by atoms with Crippen molar-refractivity contribution in [1.29, 1.82) is 0 Å². The van der Waals surface area contributed by atoms with Crippen LogP contribution in [0.5, 0.6) is 0 Å². The highest BCUT2D eigenvalue weighted by molar-refractivity contribution is 7.14. The maximum Gasteiger partial charge on any atom is 0.292 e. The minimum atomic E-state index is -0.174. The lowest BCUT2D eigenvalue weighted by Crippen LogP contribution is -2.40. The largest absolute Gasteiger partial charge is 0.411 e. The van der Waals surface area contributed by atoms with Crippen molar-refractivity contribution in [2.24, 2.45) is 5.16 Å². The molecule has 2 heterocycles. The van der Waals surface area contributed by atoms with Crippen LogP contribution >= 0.6 is 11.3 Å². The number of pyridine rings is 1. The number of carbonyl (C=O) groups excluding carboxylic acids is 1. The lowest BCUT2D eigenvalue weighted by Gasteiger charge is -1.99. The van der Waals surface area contributed by atoms with E-state index in [9.17, 15) is 4.79 Å². The molecule has 0 fully saturated rings. The smallest absolute Gasteiger partial charge is 0.292 e. The number of hydrogen-bond acceptors (Lipinski definition) is 5. The van der Waals surface area contributed by atoms with Crippen molar-refractivity contribution in [3.05, 3.63) is 65.8 Å². The van der Waals surface area contributed by atoms with Gasteiger partial charge in [-0.05, 0) is 6.07 Å². The van der Waals surface area contributed by atoms with Crippen LogP contribution in [0.2, 0.25) is 0 Å². The van der Waals surface area contributed by atoms with Crippen molar-refractivity contribution in [3.63, 3.8) is 0 Å². The van der Waals surface area contributed by atoms with Gasteiger partial charge >= 0.3 is 0 Å². The minimum Gasteiger partial charge on any atom is -0.411 e. The molecule has 120 valence electrons. The van der Waals surface area contributed by atoms with Crippen LogP contribution < -0.4 is 9.88 Å². The molecule has 0 aliphatic rings. The second kappa shape index (κ2) is 7.47. The molecule has 7 heteroatoms. The lowest BCUT2D eigenvalue weighted by atomic mass is 10.2. The molecule has 0 saturated heterocycles. The molecule has 3 rings (SSSR count). The molecule has 3 aromatic rings. The van der Waals surface area contributed by atoms with E-state index in [1.807, 2.05) is 35.7 Å². The van der Waals surface area contributed by atoms with Gasteiger partial charge in [0.25, 0.3) is 5.91 Å². The Labute approximate surface area is 142 Å². The lowest BCUT2D eigenvalue weighted by molar-refractivity contribution is -0.684. The van der Waals surface area contributed by atoms with Gasteiger partial charge in [0.1, 0.15) is 0 Å². The number of nitrogens with zero attached hydrogens (tertiary/aromatic N) is 3. The molecule has 2 N–H and O–H groups in total. The molecule has 0 unspecified atom stereocenters. The summed E-state index contributed by atoms with van der Waals surface area (Å²) in [6.07, 6.45) is 4.80. The Balaban J connectivity index is 1.65. The topological polar surface area (TPSA) is 78.5 Å². The van der Waals surface area contributed by atoms with E-state index in [0.717, 1.165) is 11.3 Å². The van der Waals surface area contributed by atoms with Crippen molar-refractivity contribution < 1.29 is 14.6 Å². The zero-order valence-electron chi connectivity index (χ0n) is 12.7. The fourth-order valence-corrected chi connectivity index (χ4v) is 2.92. The van der Waals surface area contributed by atoms with E-state index < -0.39 is 0 Å². The van der Waals surface area contributed by atoms with E-state index in [2.05, 4.69) is 15.5 Å². The summed E-state index contributed by atoms with van der Waals surface area (Å²) in [5, 5.41) is 16.8. The normalized spacial score (nSPS) is 10.8. The van der Waals surface area contributed by atoms with Crippen LogP contribution in [0.4, 0.5) is 5.13 Å². The van der Waals surface area contributed by atoms with Crippen molar-refractivity contribution in [2.75, 3.05) is 5.32 Å². The molecule has 0 aliphatic carbocycles. The number of hydrogen-bond donors (Lipinski definition) is 2. The quantitative estimate of drug-likeness (QED) is 0.324. The van der Waals surface area contributed by atoms with Crippen LogP contribution in [0, 0.1) is 0 Å². The third kappa shape index (κ3) is 4.02. The summed E-state index contributed by atoms with van der Waals surface area (Å²) in [5.74, 6) is -0.174.